The van der Waals surface area contributed by atoms with Crippen LogP contribution in [0.25, 0.3) is 11.3 Å². The van der Waals surface area contributed by atoms with Crippen LogP contribution in [0.5, 0.6) is 0 Å². The number of ketones is 1. The number of anilines is 1. The summed E-state index contributed by atoms with van der Waals surface area (Å²) in [6.07, 6.45) is 3.63. The topological polar surface area (TPSA) is 102 Å². The molecule has 0 amide bonds. The minimum absolute atomic E-state index is 0.115. The summed E-state index contributed by atoms with van der Waals surface area (Å²) in [5, 5.41) is 8.59. The van der Waals surface area contributed by atoms with Crippen LogP contribution in [-0.4, -0.2) is 20.7 Å². The number of benzene rings is 1. The average molecular weight is 350 g/mol. The van der Waals surface area contributed by atoms with Crippen molar-refractivity contribution < 1.29 is 17.6 Å². The fraction of sp³-hybridized carbons (Fsp3) is 0.353. The zero-order chi connectivity index (χ0) is 17.7. The summed E-state index contributed by atoms with van der Waals surface area (Å²) < 4.78 is 29.6. The molecule has 0 aliphatic heterocycles. The molecule has 1 aromatic heterocycles. The molecule has 0 bridgehead atoms. The van der Waals surface area contributed by atoms with Crippen molar-refractivity contribution in [3.8, 4) is 11.3 Å². The summed E-state index contributed by atoms with van der Waals surface area (Å²) in [5.41, 5.74) is 1.20. The van der Waals surface area contributed by atoms with Crippen molar-refractivity contribution in [2.45, 2.75) is 38.0 Å². The largest absolute Gasteiger partial charge is 0.464 e. The second-order valence-electron chi connectivity index (χ2n) is 5.48. The Morgan fingerprint density at radius 2 is 2.04 bits per heavy atom. The first-order valence-corrected chi connectivity index (χ1v) is 9.44. The van der Waals surface area contributed by atoms with Crippen LogP contribution in [0.1, 0.15) is 43.5 Å². The number of hydrogen-bond donors (Lipinski definition) is 2. The van der Waals surface area contributed by atoms with Gasteiger partial charge in [0.15, 0.2) is 5.78 Å². The van der Waals surface area contributed by atoms with E-state index in [4.69, 9.17) is 9.56 Å². The molecule has 130 valence electrons. The molecule has 1 heterocycles. The van der Waals surface area contributed by atoms with Crippen molar-refractivity contribution in [2.75, 3.05) is 11.9 Å². The second-order valence-corrected chi connectivity index (χ2v) is 7.01. The number of primary sulfonamides is 1. The van der Waals surface area contributed by atoms with Gasteiger partial charge in [-0.3, -0.25) is 4.79 Å². The summed E-state index contributed by atoms with van der Waals surface area (Å²) in [4.78, 5) is 12.0. The molecule has 6 nitrogen and oxygen atoms in total. The molecule has 0 atom stereocenters. The first kappa shape index (κ1) is 18.2. The lowest BCUT2D eigenvalue weighted by molar-refractivity contribution is 0.0988. The molecule has 2 rings (SSSR count). The van der Waals surface area contributed by atoms with Crippen molar-refractivity contribution in [1.82, 2.24) is 0 Å². The van der Waals surface area contributed by atoms with Gasteiger partial charge >= 0.3 is 0 Å². The molecule has 0 saturated heterocycles. The van der Waals surface area contributed by atoms with Gasteiger partial charge in [-0.05, 0) is 30.7 Å². The highest BCUT2D eigenvalue weighted by molar-refractivity contribution is 7.89. The third kappa shape index (κ3) is 4.04. The van der Waals surface area contributed by atoms with E-state index >= 15 is 0 Å². The van der Waals surface area contributed by atoms with Crippen LogP contribution in [0.4, 0.5) is 5.69 Å². The Morgan fingerprint density at radius 3 is 2.58 bits per heavy atom. The number of nitrogens with two attached hydrogens (primary N) is 1. The summed E-state index contributed by atoms with van der Waals surface area (Å²) >= 11 is 0. The number of hydrogen-bond acceptors (Lipinski definition) is 5. The molecule has 24 heavy (non-hydrogen) atoms. The molecule has 3 N–H and O–H groups in total. The normalized spacial score (nSPS) is 11.5. The van der Waals surface area contributed by atoms with Crippen molar-refractivity contribution in [2.24, 2.45) is 5.14 Å². The summed E-state index contributed by atoms with van der Waals surface area (Å²) in [6.45, 7) is 4.43. The summed E-state index contributed by atoms with van der Waals surface area (Å²) in [7, 11) is -4.03. The van der Waals surface area contributed by atoms with Gasteiger partial charge in [-0.1, -0.05) is 20.3 Å². The van der Waals surface area contributed by atoms with E-state index in [1.54, 1.807) is 25.1 Å². The first-order valence-electron chi connectivity index (χ1n) is 7.90. The van der Waals surface area contributed by atoms with Gasteiger partial charge in [0, 0.05) is 24.2 Å². The smallest absolute Gasteiger partial charge is 0.238 e. The Morgan fingerprint density at radius 1 is 1.29 bits per heavy atom. The molecule has 0 spiro atoms. The van der Waals surface area contributed by atoms with E-state index in [1.807, 2.05) is 0 Å². The molecule has 0 aliphatic carbocycles. The highest BCUT2D eigenvalue weighted by atomic mass is 32.2. The fourth-order valence-electron chi connectivity index (χ4n) is 2.42. The number of carbonyl (C=O) groups excluding carboxylic acids is 1. The Kier molecular flexibility index (Phi) is 5.80. The molecule has 0 fully saturated rings. The quantitative estimate of drug-likeness (QED) is 0.561. The lowest BCUT2D eigenvalue weighted by Gasteiger charge is -2.16. The molecule has 0 radical (unpaired) electrons. The van der Waals surface area contributed by atoms with Gasteiger partial charge in [0.05, 0.1) is 16.7 Å². The Labute approximate surface area is 142 Å². The maximum atomic E-state index is 12.1. The highest BCUT2D eigenvalue weighted by Gasteiger charge is 2.23. The number of carbonyl (C=O) groups is 1. The van der Waals surface area contributed by atoms with Crippen LogP contribution in [-0.2, 0) is 10.0 Å². The van der Waals surface area contributed by atoms with E-state index < -0.39 is 10.0 Å². The number of rotatable bonds is 8. The van der Waals surface area contributed by atoms with Crippen LogP contribution < -0.4 is 10.5 Å². The van der Waals surface area contributed by atoms with Crippen LogP contribution in [0.15, 0.2) is 39.8 Å². The van der Waals surface area contributed by atoms with Crippen LogP contribution in [0, 0.1) is 0 Å². The number of unbranched alkanes of at least 4 members (excludes halogenated alkanes) is 1. The maximum absolute atomic E-state index is 12.1. The molecule has 0 unspecified atom stereocenters. The van der Waals surface area contributed by atoms with Crippen LogP contribution in [0.2, 0.25) is 0 Å². The summed E-state index contributed by atoms with van der Waals surface area (Å²) in [5.74, 6) is 0.234. The van der Waals surface area contributed by atoms with Crippen molar-refractivity contribution in [3.05, 3.63) is 36.1 Å². The van der Waals surface area contributed by atoms with E-state index in [2.05, 4.69) is 12.2 Å². The monoisotopic (exact) mass is 350 g/mol. The first-order chi connectivity index (χ1) is 11.4. The molecule has 7 heteroatoms. The molecular weight excluding hydrogens is 328 g/mol. The van der Waals surface area contributed by atoms with Gasteiger partial charge in [0.1, 0.15) is 5.76 Å². The SMILES string of the molecule is CCCCNc1cc(C(=O)CC)cc(S(N)(=O)=O)c1-c1ccco1. The number of furan rings is 1. The fourth-order valence-corrected chi connectivity index (χ4v) is 3.21. The summed E-state index contributed by atoms with van der Waals surface area (Å²) in [6, 6.07) is 6.32. The van der Waals surface area contributed by atoms with Gasteiger partial charge in [-0.25, -0.2) is 13.6 Å². The van der Waals surface area contributed by atoms with Gasteiger partial charge in [-0.15, -0.1) is 0 Å². The zero-order valence-electron chi connectivity index (χ0n) is 13.8. The van der Waals surface area contributed by atoms with Gasteiger partial charge in [-0.2, -0.15) is 0 Å². The van der Waals surface area contributed by atoms with Crippen LogP contribution in [0.3, 0.4) is 0 Å². The molecule has 2 aromatic rings. The predicted octanol–water partition coefficient (Wildman–Crippen LogP) is 3.40. The Hall–Kier alpha value is -2.12. The maximum Gasteiger partial charge on any atom is 0.238 e. The second kappa shape index (κ2) is 7.63. The zero-order valence-corrected chi connectivity index (χ0v) is 14.7. The predicted molar refractivity (Wildman–Crippen MR) is 93.5 cm³/mol. The molecule has 0 aliphatic rings. The third-order valence-electron chi connectivity index (χ3n) is 3.67. The molecule has 1 aromatic carbocycles. The van der Waals surface area contributed by atoms with E-state index in [1.165, 1.54) is 12.3 Å². The Bertz CT molecular complexity index is 811. The average Bonchev–Trinajstić information content (AvgIpc) is 3.06. The van der Waals surface area contributed by atoms with Crippen molar-refractivity contribution >= 4 is 21.5 Å². The Balaban J connectivity index is 2.69. The van der Waals surface area contributed by atoms with E-state index in [9.17, 15) is 13.2 Å². The number of nitrogens with one attached hydrogen (secondary N) is 1. The van der Waals surface area contributed by atoms with Crippen molar-refractivity contribution in [3.63, 3.8) is 0 Å². The van der Waals surface area contributed by atoms with Gasteiger partial charge in [0.25, 0.3) is 0 Å². The number of Topliss-reactive ketones (excluding diaryl/α,β-unsaturated/α-hetero) is 1. The standard InChI is InChI=1S/C17H22N2O4S/c1-3-5-8-19-13-10-12(14(20)4-2)11-16(24(18,21)22)17(13)15-7-6-9-23-15/h6-7,9-11,19H,3-5,8H2,1-2H3,(H2,18,21,22). The van der Waals surface area contributed by atoms with E-state index in [0.717, 1.165) is 12.8 Å². The van der Waals surface area contributed by atoms with Crippen molar-refractivity contribution in [1.29, 1.82) is 0 Å². The highest BCUT2D eigenvalue weighted by Crippen LogP contribution is 2.36. The van der Waals surface area contributed by atoms with Gasteiger partial charge in [0.2, 0.25) is 10.0 Å². The minimum atomic E-state index is -4.03. The molecule has 0 saturated carbocycles. The van der Waals surface area contributed by atoms with Crippen LogP contribution >= 0.6 is 0 Å². The lowest BCUT2D eigenvalue weighted by Crippen LogP contribution is -2.16. The third-order valence-corrected chi connectivity index (χ3v) is 4.60. The van der Waals surface area contributed by atoms with E-state index in [-0.39, 0.29) is 17.1 Å². The minimum Gasteiger partial charge on any atom is -0.464 e. The van der Waals surface area contributed by atoms with E-state index in [0.29, 0.717) is 29.1 Å². The van der Waals surface area contributed by atoms with Gasteiger partial charge < -0.3 is 9.73 Å². The number of sulfonamides is 1. The molecular formula is C17H22N2O4S. The lowest BCUT2D eigenvalue weighted by atomic mass is 10.0.